The van der Waals surface area contributed by atoms with E-state index in [2.05, 4.69) is 249 Å². The number of benzene rings is 8. The van der Waals surface area contributed by atoms with Gasteiger partial charge in [-0.2, -0.15) is 0 Å². The van der Waals surface area contributed by atoms with Gasteiger partial charge in [-0.15, -0.1) is 0 Å². The van der Waals surface area contributed by atoms with Crippen LogP contribution in [0.4, 0.5) is 34.1 Å². The molecule has 0 atom stereocenters. The number of fused-ring (bicyclic) bond motifs is 14. The SMILES string of the molecule is C1=Cc2c(c3c(n2-c2ccccc2)-c2ccccc2N(c2ccc(-c4ccc(N5c6ccccc6-c6c(n(-c7ccccc7)c7ccccc67)-c6ccccc65)cc4)nc2)c2ccccc2-3)CC1. The van der Waals surface area contributed by atoms with Crippen molar-refractivity contribution in [2.75, 3.05) is 9.80 Å². The van der Waals surface area contributed by atoms with E-state index in [1.54, 1.807) is 0 Å². The molecule has 0 bridgehead atoms. The van der Waals surface area contributed by atoms with Crippen molar-refractivity contribution in [1.82, 2.24) is 14.1 Å². The van der Waals surface area contributed by atoms with Gasteiger partial charge in [-0.25, -0.2) is 0 Å². The van der Waals surface area contributed by atoms with Crippen LogP contribution in [0.1, 0.15) is 17.7 Å². The van der Waals surface area contributed by atoms with Crippen molar-refractivity contribution in [2.24, 2.45) is 0 Å². The fraction of sp³-hybridized carbons (Fsp3) is 0.0317. The van der Waals surface area contributed by atoms with Crippen LogP contribution in [0.15, 0.2) is 231 Å². The first-order valence-corrected chi connectivity index (χ1v) is 23.5. The molecule has 14 rings (SSSR count). The van der Waals surface area contributed by atoms with Crippen LogP contribution in [0.2, 0.25) is 0 Å². The van der Waals surface area contributed by atoms with Gasteiger partial charge in [0.2, 0.25) is 0 Å². The molecule has 0 unspecified atom stereocenters. The Kier molecular flexibility index (Phi) is 8.65. The summed E-state index contributed by atoms with van der Waals surface area (Å²) in [5.41, 5.74) is 24.6. The maximum atomic E-state index is 5.22. The zero-order valence-corrected chi connectivity index (χ0v) is 37.2. The minimum Gasteiger partial charge on any atom is -0.309 e. The van der Waals surface area contributed by atoms with Crippen molar-refractivity contribution in [2.45, 2.75) is 12.8 Å². The van der Waals surface area contributed by atoms with Gasteiger partial charge in [0.15, 0.2) is 0 Å². The number of para-hydroxylation sites is 7. The molecule has 3 aromatic heterocycles. The molecule has 0 N–H and O–H groups in total. The number of nitrogens with zero attached hydrogens (tertiary/aromatic N) is 5. The Morgan fingerprint density at radius 1 is 0.382 bits per heavy atom. The minimum absolute atomic E-state index is 0.920. The highest BCUT2D eigenvalue weighted by molar-refractivity contribution is 6.13. The van der Waals surface area contributed by atoms with Crippen molar-refractivity contribution in [3.8, 4) is 67.4 Å². The third-order valence-electron chi connectivity index (χ3n) is 14.1. The fourth-order valence-electron chi connectivity index (χ4n) is 11.3. The summed E-state index contributed by atoms with van der Waals surface area (Å²) in [5, 5.41) is 1.23. The van der Waals surface area contributed by atoms with E-state index < -0.39 is 0 Å². The number of allylic oxidation sites excluding steroid dienone is 1. The van der Waals surface area contributed by atoms with Crippen LogP contribution in [0.5, 0.6) is 0 Å². The number of hydrogen-bond acceptors (Lipinski definition) is 3. The summed E-state index contributed by atoms with van der Waals surface area (Å²) >= 11 is 0. The third kappa shape index (κ3) is 5.72. The maximum absolute atomic E-state index is 5.22. The second kappa shape index (κ2) is 15.3. The largest absolute Gasteiger partial charge is 0.309 e. The zero-order valence-electron chi connectivity index (χ0n) is 37.2. The molecular weight excluding hydrogens is 827 g/mol. The van der Waals surface area contributed by atoms with Gasteiger partial charge in [0.1, 0.15) is 0 Å². The average Bonchev–Trinajstić information content (AvgIpc) is 3.86. The molecule has 11 aromatic rings. The van der Waals surface area contributed by atoms with E-state index in [9.17, 15) is 0 Å². The summed E-state index contributed by atoms with van der Waals surface area (Å²) in [6.45, 7) is 0. The highest BCUT2D eigenvalue weighted by atomic mass is 15.2. The van der Waals surface area contributed by atoms with Crippen LogP contribution in [0.25, 0.3) is 84.4 Å². The molecule has 8 aromatic carbocycles. The molecule has 5 heteroatoms. The van der Waals surface area contributed by atoms with Gasteiger partial charge >= 0.3 is 0 Å². The summed E-state index contributed by atoms with van der Waals surface area (Å²) in [5.74, 6) is 0. The second-order valence-corrected chi connectivity index (χ2v) is 17.8. The Hall–Kier alpha value is -8.93. The Bertz CT molecular complexity index is 3780. The molecule has 5 heterocycles. The monoisotopic (exact) mass is 869 g/mol. The quantitative estimate of drug-likeness (QED) is 0.173. The fourth-order valence-corrected chi connectivity index (χ4v) is 11.3. The van der Waals surface area contributed by atoms with E-state index in [1.807, 2.05) is 6.20 Å². The number of aromatic nitrogens is 3. The Labute approximate surface area is 395 Å². The first kappa shape index (κ1) is 38.3. The van der Waals surface area contributed by atoms with E-state index in [4.69, 9.17) is 4.98 Å². The average molecular weight is 870 g/mol. The lowest BCUT2D eigenvalue weighted by atomic mass is 9.92. The summed E-state index contributed by atoms with van der Waals surface area (Å²) < 4.78 is 4.92. The number of rotatable bonds is 5. The molecule has 0 saturated heterocycles. The lowest BCUT2D eigenvalue weighted by molar-refractivity contribution is 0.960. The highest BCUT2D eigenvalue weighted by Crippen LogP contribution is 2.56. The molecule has 0 radical (unpaired) electrons. The topological polar surface area (TPSA) is 29.2 Å². The first-order valence-electron chi connectivity index (χ1n) is 23.5. The molecule has 3 aliphatic rings. The van der Waals surface area contributed by atoms with E-state index in [0.717, 1.165) is 63.9 Å². The van der Waals surface area contributed by atoms with Crippen molar-refractivity contribution in [3.05, 3.63) is 242 Å². The Morgan fingerprint density at radius 3 is 1.51 bits per heavy atom. The normalized spacial score (nSPS) is 13.1. The Balaban J connectivity index is 0.867. The van der Waals surface area contributed by atoms with Gasteiger partial charge in [-0.3, -0.25) is 4.98 Å². The molecule has 68 heavy (non-hydrogen) atoms. The molecule has 0 amide bonds. The molecule has 2 aliphatic heterocycles. The van der Waals surface area contributed by atoms with Crippen LogP contribution >= 0.6 is 0 Å². The van der Waals surface area contributed by atoms with Gasteiger partial charge in [0, 0.05) is 67.1 Å². The molecule has 0 saturated carbocycles. The maximum Gasteiger partial charge on any atom is 0.0703 e. The van der Waals surface area contributed by atoms with E-state index >= 15 is 0 Å². The standard InChI is InChI=1S/C63H43N5/c1-3-19-43(20-4-1)67-56-31-15-9-25-49(56)60-47-23-7-13-29-54(47)65(58-33-17-11-27-51(58)62(60)67)45-37-35-42(36-38-45)53-40-39-46(41-64-53)66-55-30-14-8-24-48(55)61-50-26-10-16-32-57(50)68(44-21-5-2-6-22-44)63(61)52-28-12-18-34-59(52)66/h1-9,11-25,27-41H,10,26H2. The predicted molar refractivity (Wildman–Crippen MR) is 281 cm³/mol. The van der Waals surface area contributed by atoms with Crippen molar-refractivity contribution in [1.29, 1.82) is 0 Å². The molecule has 320 valence electrons. The van der Waals surface area contributed by atoms with Crippen LogP contribution < -0.4 is 9.80 Å². The Morgan fingerprint density at radius 2 is 0.882 bits per heavy atom. The summed E-state index contributed by atoms with van der Waals surface area (Å²) in [4.78, 5) is 10.0. The molecule has 1 aliphatic carbocycles. The lowest BCUT2D eigenvalue weighted by Gasteiger charge is -2.28. The van der Waals surface area contributed by atoms with E-state index in [1.165, 1.54) is 72.6 Å². The van der Waals surface area contributed by atoms with Crippen LogP contribution in [0.3, 0.4) is 0 Å². The lowest BCUT2D eigenvalue weighted by Crippen LogP contribution is -2.12. The summed E-state index contributed by atoms with van der Waals surface area (Å²) in [7, 11) is 0. The molecular formula is C63H43N5. The van der Waals surface area contributed by atoms with Crippen molar-refractivity contribution >= 4 is 51.1 Å². The molecule has 0 fully saturated rings. The summed E-state index contributed by atoms with van der Waals surface area (Å²) in [6.07, 6.45) is 8.71. The number of anilines is 6. The van der Waals surface area contributed by atoms with E-state index in [-0.39, 0.29) is 0 Å². The van der Waals surface area contributed by atoms with Crippen LogP contribution in [-0.2, 0) is 6.42 Å². The summed E-state index contributed by atoms with van der Waals surface area (Å²) in [6, 6.07) is 79.2. The van der Waals surface area contributed by atoms with Crippen molar-refractivity contribution in [3.63, 3.8) is 0 Å². The first-order chi connectivity index (χ1) is 33.8. The van der Waals surface area contributed by atoms with Gasteiger partial charge in [0.25, 0.3) is 0 Å². The van der Waals surface area contributed by atoms with Gasteiger partial charge in [0.05, 0.1) is 57.2 Å². The van der Waals surface area contributed by atoms with E-state index in [0.29, 0.717) is 0 Å². The van der Waals surface area contributed by atoms with Gasteiger partial charge < -0.3 is 18.9 Å². The molecule has 5 nitrogen and oxygen atoms in total. The van der Waals surface area contributed by atoms with Crippen molar-refractivity contribution < 1.29 is 0 Å². The van der Waals surface area contributed by atoms with Crippen LogP contribution in [0, 0.1) is 0 Å². The number of pyridine rings is 1. The zero-order chi connectivity index (χ0) is 44.7. The number of hydrogen-bond donors (Lipinski definition) is 0. The highest BCUT2D eigenvalue weighted by Gasteiger charge is 2.34. The second-order valence-electron chi connectivity index (χ2n) is 17.8. The van der Waals surface area contributed by atoms with Gasteiger partial charge in [-0.05, 0) is 103 Å². The third-order valence-corrected chi connectivity index (χ3v) is 14.1. The van der Waals surface area contributed by atoms with Crippen LogP contribution in [-0.4, -0.2) is 14.1 Å². The minimum atomic E-state index is 0.920. The smallest absolute Gasteiger partial charge is 0.0703 e. The predicted octanol–water partition coefficient (Wildman–Crippen LogP) is 16.7. The molecule has 0 spiro atoms. The van der Waals surface area contributed by atoms with Gasteiger partial charge in [-0.1, -0.05) is 146 Å².